The highest BCUT2D eigenvalue weighted by molar-refractivity contribution is 7.86. The highest BCUT2D eigenvalue weighted by atomic mass is 32.2. The van der Waals surface area contributed by atoms with Crippen molar-refractivity contribution in [1.29, 1.82) is 0 Å². The van der Waals surface area contributed by atoms with Gasteiger partial charge in [-0.25, -0.2) is 0 Å². The third-order valence-electron chi connectivity index (χ3n) is 4.35. The van der Waals surface area contributed by atoms with E-state index in [4.69, 9.17) is 4.28 Å². The summed E-state index contributed by atoms with van der Waals surface area (Å²) in [5, 5.41) is 1.51. The van der Waals surface area contributed by atoms with Gasteiger partial charge in [-0.3, -0.25) is 0 Å². The standard InChI is InChI=1S/C19H23NO3S/c1-3-4-16-7-9-17(10-8-16)18-13-20(14-18)23-24(21,22)19-11-5-15(2)6-12-19/h5-12,18H,3-4,13-14H2,1-2H3. The molecular weight excluding hydrogens is 322 g/mol. The van der Waals surface area contributed by atoms with Gasteiger partial charge in [0.15, 0.2) is 0 Å². The van der Waals surface area contributed by atoms with Crippen molar-refractivity contribution >= 4 is 10.1 Å². The zero-order valence-corrected chi connectivity index (χ0v) is 14.9. The van der Waals surface area contributed by atoms with Crippen molar-refractivity contribution in [2.45, 2.75) is 37.5 Å². The summed E-state index contributed by atoms with van der Waals surface area (Å²) in [6.07, 6.45) is 2.23. The Balaban J connectivity index is 1.57. The van der Waals surface area contributed by atoms with Crippen molar-refractivity contribution in [2.75, 3.05) is 13.1 Å². The SMILES string of the molecule is CCCc1ccc(C2CN(OS(=O)(=O)c3ccc(C)cc3)C2)cc1. The van der Waals surface area contributed by atoms with E-state index in [9.17, 15) is 8.42 Å². The zero-order valence-electron chi connectivity index (χ0n) is 14.1. The van der Waals surface area contributed by atoms with Gasteiger partial charge in [0.2, 0.25) is 0 Å². The summed E-state index contributed by atoms with van der Waals surface area (Å²) in [6, 6.07) is 15.3. The number of benzene rings is 2. The van der Waals surface area contributed by atoms with E-state index in [0.717, 1.165) is 18.4 Å². The summed E-state index contributed by atoms with van der Waals surface area (Å²) in [5.74, 6) is 0.328. The van der Waals surface area contributed by atoms with Gasteiger partial charge in [-0.1, -0.05) is 55.3 Å². The molecule has 1 heterocycles. The molecule has 1 fully saturated rings. The third kappa shape index (κ3) is 3.86. The van der Waals surface area contributed by atoms with Crippen molar-refractivity contribution in [2.24, 2.45) is 0 Å². The molecule has 0 atom stereocenters. The van der Waals surface area contributed by atoms with E-state index >= 15 is 0 Å². The van der Waals surface area contributed by atoms with Crippen LogP contribution in [-0.4, -0.2) is 26.6 Å². The maximum Gasteiger partial charge on any atom is 0.313 e. The van der Waals surface area contributed by atoms with Gasteiger partial charge in [0.1, 0.15) is 0 Å². The average Bonchev–Trinajstić information content (AvgIpc) is 2.52. The molecule has 1 saturated heterocycles. The lowest BCUT2D eigenvalue weighted by atomic mass is 9.92. The molecule has 0 radical (unpaired) electrons. The largest absolute Gasteiger partial charge is 0.313 e. The predicted molar refractivity (Wildman–Crippen MR) is 94.2 cm³/mol. The molecule has 1 aliphatic rings. The molecule has 0 unspecified atom stereocenters. The molecule has 3 rings (SSSR count). The maximum absolute atomic E-state index is 12.2. The van der Waals surface area contributed by atoms with Crippen LogP contribution in [0.1, 0.15) is 36.0 Å². The summed E-state index contributed by atoms with van der Waals surface area (Å²) >= 11 is 0. The van der Waals surface area contributed by atoms with E-state index in [1.807, 2.05) is 6.92 Å². The van der Waals surface area contributed by atoms with Gasteiger partial charge in [0.05, 0.1) is 4.90 Å². The molecule has 0 aromatic heterocycles. The Labute approximate surface area is 144 Å². The molecule has 24 heavy (non-hydrogen) atoms. The van der Waals surface area contributed by atoms with Gasteiger partial charge in [-0.2, -0.15) is 17.8 Å². The second-order valence-electron chi connectivity index (χ2n) is 6.38. The number of hydroxylamine groups is 2. The first-order valence-electron chi connectivity index (χ1n) is 8.33. The summed E-state index contributed by atoms with van der Waals surface area (Å²) in [5.41, 5.74) is 3.60. The predicted octanol–water partition coefficient (Wildman–Crippen LogP) is 3.67. The number of hydrogen-bond donors (Lipinski definition) is 0. The lowest BCUT2D eigenvalue weighted by molar-refractivity contribution is -0.114. The van der Waals surface area contributed by atoms with Crippen LogP contribution in [0.4, 0.5) is 0 Å². The van der Waals surface area contributed by atoms with Crippen LogP contribution in [-0.2, 0) is 20.8 Å². The minimum absolute atomic E-state index is 0.195. The van der Waals surface area contributed by atoms with E-state index in [0.29, 0.717) is 19.0 Å². The van der Waals surface area contributed by atoms with E-state index in [2.05, 4.69) is 31.2 Å². The Bertz CT molecular complexity index is 776. The van der Waals surface area contributed by atoms with Crippen molar-refractivity contribution < 1.29 is 12.7 Å². The van der Waals surface area contributed by atoms with Crippen LogP contribution in [0.5, 0.6) is 0 Å². The Kier molecular flexibility index (Phi) is 5.04. The molecule has 2 aromatic carbocycles. The second-order valence-corrected chi connectivity index (χ2v) is 7.91. The summed E-state index contributed by atoms with van der Waals surface area (Å²) in [4.78, 5) is 0.195. The van der Waals surface area contributed by atoms with Crippen LogP contribution < -0.4 is 0 Å². The Hall–Kier alpha value is -1.69. The van der Waals surface area contributed by atoms with Crippen LogP contribution in [0.15, 0.2) is 53.4 Å². The number of rotatable bonds is 6. The number of hydrogen-bond acceptors (Lipinski definition) is 4. The van der Waals surface area contributed by atoms with Crippen LogP contribution in [0, 0.1) is 6.92 Å². The Morgan fingerprint density at radius 1 is 1.04 bits per heavy atom. The number of nitrogens with zero attached hydrogens (tertiary/aromatic N) is 1. The lowest BCUT2D eigenvalue weighted by Gasteiger charge is -2.37. The smallest absolute Gasteiger partial charge is 0.192 e. The molecular formula is C19H23NO3S. The van der Waals surface area contributed by atoms with Crippen molar-refractivity contribution in [3.8, 4) is 0 Å². The maximum atomic E-state index is 12.2. The monoisotopic (exact) mass is 345 g/mol. The van der Waals surface area contributed by atoms with Gasteiger partial charge in [-0.15, -0.1) is 0 Å². The van der Waals surface area contributed by atoms with Crippen molar-refractivity contribution in [1.82, 2.24) is 5.06 Å². The Morgan fingerprint density at radius 3 is 2.25 bits per heavy atom. The summed E-state index contributed by atoms with van der Waals surface area (Å²) in [6.45, 7) is 5.28. The fraction of sp³-hybridized carbons (Fsp3) is 0.368. The molecule has 5 heteroatoms. The van der Waals surface area contributed by atoms with Gasteiger partial charge >= 0.3 is 10.1 Å². The van der Waals surface area contributed by atoms with Gasteiger partial charge < -0.3 is 0 Å². The molecule has 128 valence electrons. The molecule has 0 amide bonds. The van der Waals surface area contributed by atoms with Crippen LogP contribution in [0.25, 0.3) is 0 Å². The molecule has 0 saturated carbocycles. The Morgan fingerprint density at radius 2 is 1.67 bits per heavy atom. The molecule has 0 N–H and O–H groups in total. The van der Waals surface area contributed by atoms with E-state index in [-0.39, 0.29) is 4.90 Å². The normalized spacial score (nSPS) is 16.1. The quantitative estimate of drug-likeness (QED) is 0.801. The van der Waals surface area contributed by atoms with Gasteiger partial charge in [0.25, 0.3) is 0 Å². The van der Waals surface area contributed by atoms with Crippen LogP contribution in [0.3, 0.4) is 0 Å². The third-order valence-corrected chi connectivity index (χ3v) is 5.61. The lowest BCUT2D eigenvalue weighted by Crippen LogP contribution is -2.45. The fourth-order valence-corrected chi connectivity index (χ4v) is 3.80. The zero-order chi connectivity index (χ0) is 17.2. The molecule has 2 aromatic rings. The fourth-order valence-electron chi connectivity index (χ4n) is 2.84. The van der Waals surface area contributed by atoms with Crippen molar-refractivity contribution in [3.05, 3.63) is 65.2 Å². The first-order chi connectivity index (χ1) is 11.5. The van der Waals surface area contributed by atoms with E-state index in [1.54, 1.807) is 24.3 Å². The first kappa shape index (κ1) is 17.1. The van der Waals surface area contributed by atoms with Crippen molar-refractivity contribution in [3.63, 3.8) is 0 Å². The highest BCUT2D eigenvalue weighted by Gasteiger charge is 2.33. The molecule has 4 nitrogen and oxygen atoms in total. The minimum Gasteiger partial charge on any atom is -0.192 e. The van der Waals surface area contributed by atoms with Crippen LogP contribution >= 0.6 is 0 Å². The summed E-state index contributed by atoms with van der Waals surface area (Å²) < 4.78 is 29.7. The molecule has 0 aliphatic carbocycles. The van der Waals surface area contributed by atoms with E-state index < -0.39 is 10.1 Å². The molecule has 1 aliphatic heterocycles. The highest BCUT2D eigenvalue weighted by Crippen LogP contribution is 2.29. The molecule has 0 spiro atoms. The molecule has 0 bridgehead atoms. The van der Waals surface area contributed by atoms with Gasteiger partial charge in [0, 0.05) is 19.0 Å². The average molecular weight is 345 g/mol. The second kappa shape index (κ2) is 7.05. The van der Waals surface area contributed by atoms with E-state index in [1.165, 1.54) is 16.2 Å². The van der Waals surface area contributed by atoms with Crippen LogP contribution in [0.2, 0.25) is 0 Å². The van der Waals surface area contributed by atoms with Gasteiger partial charge in [-0.05, 0) is 36.6 Å². The minimum atomic E-state index is -3.73. The summed E-state index contributed by atoms with van der Waals surface area (Å²) in [7, 11) is -3.73. The topological polar surface area (TPSA) is 46.6 Å². The number of aryl methyl sites for hydroxylation is 2. The first-order valence-corrected chi connectivity index (χ1v) is 9.74.